The highest BCUT2D eigenvalue weighted by molar-refractivity contribution is 5.87. The van der Waals surface area contributed by atoms with Gasteiger partial charge in [0.1, 0.15) is 5.75 Å². The fraction of sp³-hybridized carbons (Fsp3) is 0.500. The molecule has 4 heteroatoms. The zero-order chi connectivity index (χ0) is 15.3. The van der Waals surface area contributed by atoms with Crippen molar-refractivity contribution in [3.63, 3.8) is 0 Å². The lowest BCUT2D eigenvalue weighted by Crippen LogP contribution is -2.46. The Labute approximate surface area is 130 Å². The molecule has 2 unspecified atom stereocenters. The van der Waals surface area contributed by atoms with Gasteiger partial charge in [0.05, 0.1) is 13.2 Å². The van der Waals surface area contributed by atoms with Crippen LogP contribution < -0.4 is 4.74 Å². The van der Waals surface area contributed by atoms with Gasteiger partial charge in [-0.1, -0.05) is 13.3 Å². The van der Waals surface area contributed by atoms with Gasteiger partial charge in [0, 0.05) is 29.6 Å². The van der Waals surface area contributed by atoms with Crippen LogP contribution in [0.25, 0.3) is 10.9 Å². The molecule has 2 aromatic rings. The van der Waals surface area contributed by atoms with Gasteiger partial charge in [-0.05, 0) is 42.5 Å². The molecular formula is C18H22N2O2. The van der Waals surface area contributed by atoms with Crippen molar-refractivity contribution >= 4 is 16.8 Å². The molecule has 2 atom stereocenters. The summed E-state index contributed by atoms with van der Waals surface area (Å²) >= 11 is 0. The zero-order valence-corrected chi connectivity index (χ0v) is 13.2. The molecule has 22 heavy (non-hydrogen) atoms. The Morgan fingerprint density at radius 1 is 1.36 bits per heavy atom. The molecule has 0 saturated carbocycles. The first-order valence-electron chi connectivity index (χ1n) is 8.21. The number of fused-ring (bicyclic) bond motifs is 5. The van der Waals surface area contributed by atoms with E-state index in [1.54, 1.807) is 7.11 Å². The molecular weight excluding hydrogens is 276 g/mol. The largest absolute Gasteiger partial charge is 0.497 e. The normalized spacial score (nSPS) is 24.3. The average Bonchev–Trinajstić information content (AvgIpc) is 2.93. The van der Waals surface area contributed by atoms with E-state index in [2.05, 4.69) is 28.9 Å². The highest BCUT2D eigenvalue weighted by atomic mass is 16.5. The molecule has 1 N–H and O–H groups in total. The molecule has 3 heterocycles. The molecule has 1 amide bonds. The minimum Gasteiger partial charge on any atom is -0.497 e. The van der Waals surface area contributed by atoms with Crippen LogP contribution in [0.2, 0.25) is 0 Å². The number of carbonyl (C=O) groups excluding carboxylic acids is 1. The van der Waals surface area contributed by atoms with E-state index >= 15 is 0 Å². The maximum Gasteiger partial charge on any atom is 0.223 e. The maximum absolute atomic E-state index is 12.3. The Morgan fingerprint density at radius 2 is 2.23 bits per heavy atom. The third-order valence-electron chi connectivity index (χ3n) is 5.40. The number of rotatable bonds is 2. The predicted molar refractivity (Wildman–Crippen MR) is 86.0 cm³/mol. The first-order chi connectivity index (χ1) is 10.7. The Hall–Kier alpha value is -1.97. The van der Waals surface area contributed by atoms with Crippen molar-refractivity contribution in [1.29, 1.82) is 0 Å². The Bertz CT molecular complexity index is 734. The minimum atomic E-state index is 0.230. The number of ether oxygens (including phenoxy) is 1. The Morgan fingerprint density at radius 3 is 3.00 bits per heavy atom. The third kappa shape index (κ3) is 1.86. The van der Waals surface area contributed by atoms with Gasteiger partial charge in [-0.25, -0.2) is 0 Å². The van der Waals surface area contributed by atoms with E-state index in [0.717, 1.165) is 37.1 Å². The number of benzene rings is 1. The lowest BCUT2D eigenvalue weighted by Gasteiger charge is -2.43. The van der Waals surface area contributed by atoms with Gasteiger partial charge in [-0.15, -0.1) is 0 Å². The van der Waals surface area contributed by atoms with Crippen LogP contribution in [0, 0.1) is 5.92 Å². The van der Waals surface area contributed by atoms with E-state index in [-0.39, 0.29) is 6.04 Å². The summed E-state index contributed by atoms with van der Waals surface area (Å²) in [5.74, 6) is 1.77. The Balaban J connectivity index is 1.87. The number of methoxy groups -OCH3 is 1. The van der Waals surface area contributed by atoms with Crippen LogP contribution in [-0.4, -0.2) is 29.4 Å². The molecule has 1 aromatic carbocycles. The number of aromatic nitrogens is 1. The fourth-order valence-corrected chi connectivity index (χ4v) is 4.23. The first-order valence-corrected chi connectivity index (χ1v) is 8.21. The van der Waals surface area contributed by atoms with E-state index in [1.165, 1.54) is 16.6 Å². The molecule has 116 valence electrons. The highest BCUT2D eigenvalue weighted by Crippen LogP contribution is 2.44. The lowest BCUT2D eigenvalue weighted by atomic mass is 9.81. The number of carbonyl (C=O) groups is 1. The predicted octanol–water partition coefficient (Wildman–Crippen LogP) is 3.42. The summed E-state index contributed by atoms with van der Waals surface area (Å²) in [4.78, 5) is 18.0. The van der Waals surface area contributed by atoms with Crippen molar-refractivity contribution < 1.29 is 9.53 Å². The van der Waals surface area contributed by atoms with Crippen molar-refractivity contribution in [1.82, 2.24) is 9.88 Å². The van der Waals surface area contributed by atoms with Gasteiger partial charge in [0.25, 0.3) is 0 Å². The summed E-state index contributed by atoms with van der Waals surface area (Å²) in [6, 6.07) is 6.42. The van der Waals surface area contributed by atoms with E-state index in [1.807, 2.05) is 6.07 Å². The van der Waals surface area contributed by atoms with Crippen molar-refractivity contribution in [3.05, 3.63) is 29.5 Å². The van der Waals surface area contributed by atoms with Crippen molar-refractivity contribution in [3.8, 4) is 5.75 Å². The summed E-state index contributed by atoms with van der Waals surface area (Å²) in [5.41, 5.74) is 3.79. The van der Waals surface area contributed by atoms with Crippen LogP contribution >= 0.6 is 0 Å². The number of amides is 1. The summed E-state index contributed by atoms with van der Waals surface area (Å²) in [6.45, 7) is 3.08. The van der Waals surface area contributed by atoms with Crippen LogP contribution in [0.4, 0.5) is 0 Å². The molecule has 2 aliphatic rings. The molecule has 0 radical (unpaired) electrons. The average molecular weight is 298 g/mol. The second kappa shape index (κ2) is 5.04. The maximum atomic E-state index is 12.3. The molecule has 0 aliphatic carbocycles. The van der Waals surface area contributed by atoms with Gasteiger partial charge in [-0.2, -0.15) is 0 Å². The molecule has 4 rings (SSSR count). The smallest absolute Gasteiger partial charge is 0.223 e. The number of H-pyrrole nitrogens is 1. The monoisotopic (exact) mass is 298 g/mol. The van der Waals surface area contributed by atoms with Gasteiger partial charge in [0.15, 0.2) is 0 Å². The zero-order valence-electron chi connectivity index (χ0n) is 13.2. The van der Waals surface area contributed by atoms with Gasteiger partial charge in [0.2, 0.25) is 5.91 Å². The third-order valence-corrected chi connectivity index (χ3v) is 5.40. The molecule has 4 nitrogen and oxygen atoms in total. The van der Waals surface area contributed by atoms with Crippen LogP contribution in [0.5, 0.6) is 5.75 Å². The first kappa shape index (κ1) is 13.7. The topological polar surface area (TPSA) is 45.3 Å². The summed E-state index contributed by atoms with van der Waals surface area (Å²) in [7, 11) is 1.70. The molecule has 2 aliphatic heterocycles. The summed E-state index contributed by atoms with van der Waals surface area (Å²) in [5, 5.41) is 1.25. The van der Waals surface area contributed by atoms with E-state index in [9.17, 15) is 4.79 Å². The van der Waals surface area contributed by atoms with Gasteiger partial charge >= 0.3 is 0 Å². The standard InChI is InChI=1S/C18H22N2O2/c1-3-11-4-7-16(21)20-9-8-13-14-10-12(22-2)5-6-15(14)19-17(13)18(11)20/h5-6,10-11,18-19H,3-4,7-9H2,1-2H3. The van der Waals surface area contributed by atoms with Crippen LogP contribution in [0.3, 0.4) is 0 Å². The van der Waals surface area contributed by atoms with Gasteiger partial charge in [-0.3, -0.25) is 4.79 Å². The van der Waals surface area contributed by atoms with E-state index in [4.69, 9.17) is 4.74 Å². The quantitative estimate of drug-likeness (QED) is 0.923. The number of aromatic amines is 1. The van der Waals surface area contributed by atoms with Crippen molar-refractivity contribution in [2.45, 2.75) is 38.6 Å². The van der Waals surface area contributed by atoms with Crippen molar-refractivity contribution in [2.75, 3.05) is 13.7 Å². The number of hydrogen-bond acceptors (Lipinski definition) is 2. The van der Waals surface area contributed by atoms with Gasteiger partial charge < -0.3 is 14.6 Å². The van der Waals surface area contributed by atoms with E-state index < -0.39 is 0 Å². The fourth-order valence-electron chi connectivity index (χ4n) is 4.23. The molecule has 1 fully saturated rings. The Kier molecular flexibility index (Phi) is 3.13. The number of piperidine rings is 1. The SMILES string of the molecule is CCC1CCC(=O)N2CCc3c([nH]c4ccc(OC)cc34)C12. The molecule has 0 bridgehead atoms. The second-order valence-electron chi connectivity index (χ2n) is 6.42. The van der Waals surface area contributed by atoms with Crippen LogP contribution in [0.15, 0.2) is 18.2 Å². The van der Waals surface area contributed by atoms with Crippen LogP contribution in [-0.2, 0) is 11.2 Å². The highest BCUT2D eigenvalue weighted by Gasteiger charge is 2.40. The number of nitrogens with one attached hydrogen (secondary N) is 1. The summed E-state index contributed by atoms with van der Waals surface area (Å²) in [6.07, 6.45) is 3.76. The lowest BCUT2D eigenvalue weighted by molar-refractivity contribution is -0.139. The van der Waals surface area contributed by atoms with E-state index in [0.29, 0.717) is 18.2 Å². The molecule has 0 spiro atoms. The number of hydrogen-bond donors (Lipinski definition) is 1. The number of nitrogens with zero attached hydrogens (tertiary/aromatic N) is 1. The van der Waals surface area contributed by atoms with Crippen molar-refractivity contribution in [2.24, 2.45) is 5.92 Å². The summed E-state index contributed by atoms with van der Waals surface area (Å²) < 4.78 is 5.37. The second-order valence-corrected chi connectivity index (χ2v) is 6.42. The minimum absolute atomic E-state index is 0.230. The van der Waals surface area contributed by atoms with Crippen LogP contribution in [0.1, 0.15) is 43.5 Å². The molecule has 1 saturated heterocycles. The molecule has 1 aromatic heterocycles.